The fourth-order valence-electron chi connectivity index (χ4n) is 2.36. The van der Waals surface area contributed by atoms with E-state index in [4.69, 9.17) is 5.11 Å². The van der Waals surface area contributed by atoms with Crippen LogP contribution in [0.4, 0.5) is 0 Å². The topological polar surface area (TPSA) is 66.4 Å². The maximum absolute atomic E-state index is 11.3. The maximum Gasteiger partial charge on any atom is 0.322 e. The molecule has 0 unspecified atom stereocenters. The van der Waals surface area contributed by atoms with Crippen molar-refractivity contribution in [3.63, 3.8) is 0 Å². The zero-order valence-corrected chi connectivity index (χ0v) is 15.3. The lowest BCUT2D eigenvalue weighted by molar-refractivity contribution is -0.137. The third-order valence-corrected chi connectivity index (χ3v) is 3.79. The summed E-state index contributed by atoms with van der Waals surface area (Å²) in [6.07, 6.45) is 22.1. The van der Waals surface area contributed by atoms with E-state index in [-0.39, 0.29) is 12.5 Å². The third kappa shape index (κ3) is 18.5. The van der Waals surface area contributed by atoms with Gasteiger partial charge in [-0.25, -0.2) is 0 Å². The fourth-order valence-corrected chi connectivity index (χ4v) is 2.36. The van der Waals surface area contributed by atoms with E-state index in [1.54, 1.807) is 0 Å². The molecular weight excluding hydrogens is 302 g/mol. The van der Waals surface area contributed by atoms with Crippen LogP contribution < -0.4 is 5.32 Å². The number of carboxylic acids is 1. The Morgan fingerprint density at radius 3 is 2.04 bits per heavy atom. The molecule has 0 aliphatic carbocycles. The number of allylic oxidation sites excluding steroid dienone is 4. The number of carbonyl (C=O) groups is 2. The molecule has 0 radical (unpaired) electrons. The Kier molecular flexibility index (Phi) is 16.6. The molecule has 0 heterocycles. The van der Waals surface area contributed by atoms with Crippen LogP contribution in [-0.2, 0) is 9.59 Å². The van der Waals surface area contributed by atoms with Crippen molar-refractivity contribution >= 4 is 11.9 Å². The lowest BCUT2D eigenvalue weighted by atomic mass is 10.1. The highest BCUT2D eigenvalue weighted by molar-refractivity contribution is 5.80. The number of hydrogen-bond donors (Lipinski definition) is 2. The summed E-state index contributed by atoms with van der Waals surface area (Å²) in [6, 6.07) is 0. The molecule has 0 fully saturated rings. The smallest absolute Gasteiger partial charge is 0.322 e. The van der Waals surface area contributed by atoms with Gasteiger partial charge in [-0.1, -0.05) is 63.3 Å². The van der Waals surface area contributed by atoms with Gasteiger partial charge in [-0.2, -0.15) is 0 Å². The minimum Gasteiger partial charge on any atom is -0.480 e. The molecule has 1 amide bonds. The molecular formula is C20H35NO3. The van der Waals surface area contributed by atoms with E-state index in [0.29, 0.717) is 6.42 Å². The average molecular weight is 338 g/mol. The first-order valence-electron chi connectivity index (χ1n) is 9.45. The number of unbranched alkanes of at least 4 members (excludes halogenated alkanes) is 8. The number of amides is 1. The van der Waals surface area contributed by atoms with Gasteiger partial charge in [0.2, 0.25) is 5.91 Å². The van der Waals surface area contributed by atoms with E-state index >= 15 is 0 Å². The fraction of sp³-hybridized carbons (Fsp3) is 0.700. The van der Waals surface area contributed by atoms with Gasteiger partial charge >= 0.3 is 5.97 Å². The van der Waals surface area contributed by atoms with Gasteiger partial charge in [0.25, 0.3) is 0 Å². The lowest BCUT2D eigenvalue weighted by Gasteiger charge is -2.02. The molecule has 0 saturated carbocycles. The quantitative estimate of drug-likeness (QED) is 0.308. The van der Waals surface area contributed by atoms with Crippen molar-refractivity contribution in [2.24, 2.45) is 0 Å². The van der Waals surface area contributed by atoms with Gasteiger partial charge in [-0.05, 0) is 38.5 Å². The Balaban J connectivity index is 3.28. The van der Waals surface area contributed by atoms with Crippen molar-refractivity contribution in [1.82, 2.24) is 5.32 Å². The van der Waals surface area contributed by atoms with Crippen molar-refractivity contribution in [3.8, 4) is 0 Å². The molecule has 138 valence electrons. The molecule has 0 aromatic carbocycles. The van der Waals surface area contributed by atoms with Crippen LogP contribution >= 0.6 is 0 Å². The van der Waals surface area contributed by atoms with Gasteiger partial charge < -0.3 is 10.4 Å². The standard InChI is InChI=1S/C20H35NO3/c1-2-3-4-5-6-7-8-9-10-11-12-13-14-15-16-17-19(22)21-18-20(23)24/h6-7,9-10H,2-5,8,11-18H2,1H3,(H,21,22)(H,23,24). The van der Waals surface area contributed by atoms with E-state index < -0.39 is 5.97 Å². The molecule has 4 nitrogen and oxygen atoms in total. The molecule has 4 heteroatoms. The highest BCUT2D eigenvalue weighted by Gasteiger charge is 2.02. The zero-order chi connectivity index (χ0) is 17.9. The number of carboxylic acid groups (broad SMARTS) is 1. The number of rotatable bonds is 16. The second kappa shape index (κ2) is 17.8. The second-order valence-corrected chi connectivity index (χ2v) is 6.15. The normalized spacial score (nSPS) is 11.4. The van der Waals surface area contributed by atoms with Crippen LogP contribution in [0.15, 0.2) is 24.3 Å². The van der Waals surface area contributed by atoms with Crippen LogP contribution in [0.5, 0.6) is 0 Å². The molecule has 0 atom stereocenters. The molecule has 0 saturated heterocycles. The average Bonchev–Trinajstić information content (AvgIpc) is 2.56. The molecule has 0 aromatic heterocycles. The molecule has 0 rings (SSSR count). The van der Waals surface area contributed by atoms with E-state index in [0.717, 1.165) is 32.1 Å². The Hall–Kier alpha value is -1.58. The Morgan fingerprint density at radius 1 is 0.833 bits per heavy atom. The summed E-state index contributed by atoms with van der Waals surface area (Å²) >= 11 is 0. The predicted molar refractivity (Wildman–Crippen MR) is 100 cm³/mol. The van der Waals surface area contributed by atoms with Gasteiger partial charge in [-0.3, -0.25) is 9.59 Å². The monoisotopic (exact) mass is 337 g/mol. The first-order chi connectivity index (χ1) is 11.7. The van der Waals surface area contributed by atoms with Gasteiger partial charge in [0.15, 0.2) is 0 Å². The zero-order valence-electron chi connectivity index (χ0n) is 15.3. The first-order valence-corrected chi connectivity index (χ1v) is 9.45. The van der Waals surface area contributed by atoms with Crippen LogP contribution in [0.25, 0.3) is 0 Å². The van der Waals surface area contributed by atoms with Gasteiger partial charge in [0, 0.05) is 6.42 Å². The van der Waals surface area contributed by atoms with Gasteiger partial charge in [0.05, 0.1) is 0 Å². The van der Waals surface area contributed by atoms with Crippen molar-refractivity contribution in [2.45, 2.75) is 84.0 Å². The van der Waals surface area contributed by atoms with E-state index in [2.05, 4.69) is 36.5 Å². The molecule has 0 spiro atoms. The van der Waals surface area contributed by atoms with Crippen LogP contribution in [-0.4, -0.2) is 23.5 Å². The highest BCUT2D eigenvalue weighted by Crippen LogP contribution is 2.08. The summed E-state index contributed by atoms with van der Waals surface area (Å²) in [5, 5.41) is 10.8. The van der Waals surface area contributed by atoms with Crippen molar-refractivity contribution < 1.29 is 14.7 Å². The highest BCUT2D eigenvalue weighted by atomic mass is 16.4. The van der Waals surface area contributed by atoms with Crippen molar-refractivity contribution in [3.05, 3.63) is 24.3 Å². The minimum atomic E-state index is -0.997. The first kappa shape index (κ1) is 22.4. The summed E-state index contributed by atoms with van der Waals surface area (Å²) < 4.78 is 0. The lowest BCUT2D eigenvalue weighted by Crippen LogP contribution is -2.28. The molecule has 24 heavy (non-hydrogen) atoms. The van der Waals surface area contributed by atoms with Gasteiger partial charge in [0.1, 0.15) is 6.54 Å². The van der Waals surface area contributed by atoms with Crippen LogP contribution in [0.3, 0.4) is 0 Å². The maximum atomic E-state index is 11.3. The summed E-state index contributed by atoms with van der Waals surface area (Å²) in [5.41, 5.74) is 0. The van der Waals surface area contributed by atoms with Crippen LogP contribution in [0.1, 0.15) is 84.0 Å². The molecule has 0 aliphatic rings. The number of nitrogens with one attached hydrogen (secondary N) is 1. The van der Waals surface area contributed by atoms with Crippen LogP contribution in [0, 0.1) is 0 Å². The van der Waals surface area contributed by atoms with E-state index in [1.807, 2.05) is 0 Å². The largest absolute Gasteiger partial charge is 0.480 e. The Labute approximate surface area is 147 Å². The summed E-state index contributed by atoms with van der Waals surface area (Å²) in [6.45, 7) is 1.95. The minimum absolute atomic E-state index is 0.164. The SMILES string of the molecule is CCCCCC=CCC=CCCCCCCCC(=O)NCC(=O)O. The Bertz CT molecular complexity index is 375. The molecule has 0 bridgehead atoms. The number of aliphatic carboxylic acids is 1. The number of hydrogen-bond acceptors (Lipinski definition) is 2. The predicted octanol–water partition coefficient (Wildman–Crippen LogP) is 5.00. The molecule has 2 N–H and O–H groups in total. The summed E-state index contributed by atoms with van der Waals surface area (Å²) in [7, 11) is 0. The van der Waals surface area contributed by atoms with E-state index in [9.17, 15) is 9.59 Å². The summed E-state index contributed by atoms with van der Waals surface area (Å²) in [5.74, 6) is -1.16. The van der Waals surface area contributed by atoms with Crippen molar-refractivity contribution in [2.75, 3.05) is 6.54 Å². The molecule has 0 aromatic rings. The van der Waals surface area contributed by atoms with Crippen LogP contribution in [0.2, 0.25) is 0 Å². The summed E-state index contributed by atoms with van der Waals surface area (Å²) in [4.78, 5) is 21.6. The second-order valence-electron chi connectivity index (χ2n) is 6.15. The Morgan fingerprint density at radius 2 is 1.42 bits per heavy atom. The molecule has 0 aliphatic heterocycles. The van der Waals surface area contributed by atoms with E-state index in [1.165, 1.54) is 38.5 Å². The van der Waals surface area contributed by atoms with Gasteiger partial charge in [-0.15, -0.1) is 0 Å². The van der Waals surface area contributed by atoms with Crippen molar-refractivity contribution in [1.29, 1.82) is 0 Å². The number of carbonyl (C=O) groups excluding carboxylic acids is 1. The third-order valence-electron chi connectivity index (χ3n) is 3.79.